The minimum Gasteiger partial charge on any atom is -0.334 e. The van der Waals surface area contributed by atoms with Gasteiger partial charge < -0.3 is 10.7 Å². The summed E-state index contributed by atoms with van der Waals surface area (Å²) in [6, 6.07) is 4.68. The number of hydrogen-bond donors (Lipinski definition) is 3. The van der Waals surface area contributed by atoms with Crippen LogP contribution < -0.4 is 16.6 Å². The minimum absolute atomic E-state index is 0.0173. The van der Waals surface area contributed by atoms with Crippen molar-refractivity contribution in [1.82, 2.24) is 9.97 Å². The smallest absolute Gasteiger partial charge is 0.334 e. The largest absolute Gasteiger partial charge is 0.354 e. The molecule has 0 spiro atoms. The van der Waals surface area contributed by atoms with Crippen molar-refractivity contribution in [3.63, 3.8) is 0 Å². The molecule has 0 saturated heterocycles. The quantitative estimate of drug-likeness (QED) is 0.451. The van der Waals surface area contributed by atoms with E-state index in [9.17, 15) is 10.1 Å². The third-order valence-corrected chi connectivity index (χ3v) is 3.06. The van der Waals surface area contributed by atoms with E-state index in [1.807, 2.05) is 0 Å². The molecule has 104 valence electrons. The number of nitrogens with one attached hydrogen (secondary N) is 2. The van der Waals surface area contributed by atoms with Crippen molar-refractivity contribution in [2.45, 2.75) is 0 Å². The van der Waals surface area contributed by atoms with Crippen molar-refractivity contribution < 1.29 is 4.92 Å². The van der Waals surface area contributed by atoms with Crippen LogP contribution in [-0.2, 0) is 0 Å². The Bertz CT molecular complexity index is 666. The maximum Gasteiger partial charge on any atom is 0.354 e. The van der Waals surface area contributed by atoms with E-state index in [1.165, 1.54) is 6.07 Å². The summed E-state index contributed by atoms with van der Waals surface area (Å²) in [5.74, 6) is 5.06. The van der Waals surface area contributed by atoms with Crippen molar-refractivity contribution in [2.24, 2.45) is 5.84 Å². The van der Waals surface area contributed by atoms with Crippen LogP contribution in [0.15, 0.2) is 24.5 Å². The number of nitrogen functional groups attached to an aromatic ring is 1. The molecule has 0 aliphatic heterocycles. The summed E-state index contributed by atoms with van der Waals surface area (Å²) in [7, 11) is 0. The third kappa shape index (κ3) is 2.87. The second-order valence-corrected chi connectivity index (χ2v) is 4.39. The van der Waals surface area contributed by atoms with Gasteiger partial charge in [0.1, 0.15) is 6.33 Å². The second-order valence-electron chi connectivity index (χ2n) is 3.57. The molecule has 1 heterocycles. The highest BCUT2D eigenvalue weighted by Gasteiger charge is 2.22. The van der Waals surface area contributed by atoms with Crippen molar-refractivity contribution in [3.8, 4) is 0 Å². The van der Waals surface area contributed by atoms with Crippen LogP contribution in [0.5, 0.6) is 0 Å². The average molecular weight is 315 g/mol. The molecule has 0 radical (unpaired) electrons. The highest BCUT2D eigenvalue weighted by Crippen LogP contribution is 2.32. The highest BCUT2D eigenvalue weighted by molar-refractivity contribution is 6.42. The van der Waals surface area contributed by atoms with Gasteiger partial charge in [-0.25, -0.2) is 15.8 Å². The number of rotatable bonds is 4. The number of hydrazine groups is 1. The first-order valence-electron chi connectivity index (χ1n) is 5.21. The Kier molecular flexibility index (Phi) is 4.18. The number of hydrogen-bond acceptors (Lipinski definition) is 7. The van der Waals surface area contributed by atoms with Crippen LogP contribution in [0, 0.1) is 10.1 Å². The molecule has 0 unspecified atom stereocenters. The Balaban J connectivity index is 2.42. The predicted molar refractivity (Wildman–Crippen MR) is 76.2 cm³/mol. The molecule has 20 heavy (non-hydrogen) atoms. The first-order chi connectivity index (χ1) is 9.52. The van der Waals surface area contributed by atoms with E-state index in [4.69, 9.17) is 29.0 Å². The Morgan fingerprint density at radius 2 is 1.90 bits per heavy atom. The molecule has 0 aliphatic rings. The number of aromatic nitrogens is 2. The molecule has 8 nitrogen and oxygen atoms in total. The fraction of sp³-hybridized carbons (Fsp3) is 0. The lowest BCUT2D eigenvalue weighted by Gasteiger charge is -2.08. The zero-order valence-corrected chi connectivity index (χ0v) is 11.3. The lowest BCUT2D eigenvalue weighted by Crippen LogP contribution is -2.12. The van der Waals surface area contributed by atoms with Crippen LogP contribution in [-0.4, -0.2) is 14.9 Å². The number of nitro groups is 1. The summed E-state index contributed by atoms with van der Waals surface area (Å²) < 4.78 is 0. The zero-order chi connectivity index (χ0) is 14.7. The van der Waals surface area contributed by atoms with Crippen molar-refractivity contribution >= 4 is 46.2 Å². The SMILES string of the molecule is NNc1ncnc(Nc2ccc(Cl)c(Cl)c2)c1[N+](=O)[O-]. The number of nitrogens with two attached hydrogens (primary N) is 1. The number of halogens is 2. The van der Waals surface area contributed by atoms with Crippen LogP contribution in [0.4, 0.5) is 23.0 Å². The van der Waals surface area contributed by atoms with Crippen LogP contribution in [0.3, 0.4) is 0 Å². The fourth-order valence-electron chi connectivity index (χ4n) is 1.46. The number of anilines is 3. The molecule has 10 heteroatoms. The molecule has 4 N–H and O–H groups in total. The molecule has 0 bridgehead atoms. The first-order valence-corrected chi connectivity index (χ1v) is 5.96. The van der Waals surface area contributed by atoms with Gasteiger partial charge in [-0.3, -0.25) is 10.1 Å². The van der Waals surface area contributed by atoms with E-state index in [0.29, 0.717) is 15.7 Å². The van der Waals surface area contributed by atoms with Gasteiger partial charge in [-0.1, -0.05) is 23.2 Å². The highest BCUT2D eigenvalue weighted by atomic mass is 35.5. The Hall–Kier alpha value is -2.16. The summed E-state index contributed by atoms with van der Waals surface area (Å²) in [6.07, 6.45) is 1.14. The average Bonchev–Trinajstić information content (AvgIpc) is 2.42. The molecule has 1 aromatic heterocycles. The molecule has 0 fully saturated rings. The van der Waals surface area contributed by atoms with Gasteiger partial charge in [0, 0.05) is 5.69 Å². The fourth-order valence-corrected chi connectivity index (χ4v) is 1.76. The molecule has 2 rings (SSSR count). The van der Waals surface area contributed by atoms with Gasteiger partial charge in [-0.15, -0.1) is 0 Å². The van der Waals surface area contributed by atoms with E-state index < -0.39 is 4.92 Å². The minimum atomic E-state index is -0.644. The maximum absolute atomic E-state index is 11.1. The number of benzene rings is 1. The molecular weight excluding hydrogens is 307 g/mol. The Morgan fingerprint density at radius 3 is 2.50 bits per heavy atom. The monoisotopic (exact) mass is 314 g/mol. The van der Waals surface area contributed by atoms with E-state index in [0.717, 1.165) is 6.33 Å². The number of nitrogens with zero attached hydrogens (tertiary/aromatic N) is 3. The molecule has 2 aromatic rings. The molecule has 0 aliphatic carbocycles. The van der Waals surface area contributed by atoms with Gasteiger partial charge in [0.05, 0.1) is 15.0 Å². The van der Waals surface area contributed by atoms with Crippen LogP contribution >= 0.6 is 23.2 Å². The summed E-state index contributed by atoms with van der Waals surface area (Å²) >= 11 is 11.7. The molecule has 0 atom stereocenters. The van der Waals surface area contributed by atoms with Gasteiger partial charge in [0.2, 0.25) is 11.6 Å². The molecule has 0 saturated carbocycles. The molecule has 0 amide bonds. The third-order valence-electron chi connectivity index (χ3n) is 2.32. The van der Waals surface area contributed by atoms with E-state index in [1.54, 1.807) is 12.1 Å². The normalized spacial score (nSPS) is 10.2. The van der Waals surface area contributed by atoms with Gasteiger partial charge in [0.15, 0.2) is 0 Å². The van der Waals surface area contributed by atoms with E-state index in [-0.39, 0.29) is 17.3 Å². The standard InChI is InChI=1S/C10H8Cl2N6O2/c11-6-2-1-5(3-7(6)12)16-9-8(18(19)20)10(17-13)15-4-14-9/h1-4H,13H2,(H2,14,15,16,17). The summed E-state index contributed by atoms with van der Waals surface area (Å²) in [4.78, 5) is 17.9. The van der Waals surface area contributed by atoms with E-state index in [2.05, 4.69) is 20.7 Å². The zero-order valence-electron chi connectivity index (χ0n) is 9.80. The van der Waals surface area contributed by atoms with Gasteiger partial charge in [-0.05, 0) is 18.2 Å². The van der Waals surface area contributed by atoms with Crippen LogP contribution in [0.1, 0.15) is 0 Å². The van der Waals surface area contributed by atoms with Gasteiger partial charge in [-0.2, -0.15) is 0 Å². The van der Waals surface area contributed by atoms with Crippen LogP contribution in [0.25, 0.3) is 0 Å². The first kappa shape index (κ1) is 14.3. The van der Waals surface area contributed by atoms with Crippen LogP contribution in [0.2, 0.25) is 10.0 Å². The Labute approximate surface area is 123 Å². The Morgan fingerprint density at radius 1 is 1.20 bits per heavy atom. The van der Waals surface area contributed by atoms with Gasteiger partial charge in [0.25, 0.3) is 0 Å². The summed E-state index contributed by atoms with van der Waals surface area (Å²) in [5.41, 5.74) is 2.26. The lowest BCUT2D eigenvalue weighted by atomic mass is 10.3. The summed E-state index contributed by atoms with van der Waals surface area (Å²) in [5, 5.41) is 14.5. The van der Waals surface area contributed by atoms with Gasteiger partial charge >= 0.3 is 5.69 Å². The van der Waals surface area contributed by atoms with Crippen molar-refractivity contribution in [2.75, 3.05) is 10.7 Å². The summed E-state index contributed by atoms with van der Waals surface area (Å²) in [6.45, 7) is 0. The van der Waals surface area contributed by atoms with Crippen molar-refractivity contribution in [1.29, 1.82) is 0 Å². The van der Waals surface area contributed by atoms with Crippen molar-refractivity contribution in [3.05, 3.63) is 44.7 Å². The topological polar surface area (TPSA) is 119 Å². The molecule has 1 aromatic carbocycles. The predicted octanol–water partition coefficient (Wildman–Crippen LogP) is 2.72. The second kappa shape index (κ2) is 5.87. The maximum atomic E-state index is 11.1. The molecular formula is C10H8Cl2N6O2. The van der Waals surface area contributed by atoms with E-state index >= 15 is 0 Å². The lowest BCUT2D eigenvalue weighted by molar-refractivity contribution is -0.383.